The van der Waals surface area contributed by atoms with Crippen LogP contribution in [0.4, 0.5) is 17.1 Å². The first kappa shape index (κ1) is 33.8. The van der Waals surface area contributed by atoms with Crippen LogP contribution in [0.2, 0.25) is 0 Å². The van der Waals surface area contributed by atoms with Crippen LogP contribution in [0, 0.1) is 0 Å². The average Bonchev–Trinajstić information content (AvgIpc) is 3.28. The highest BCUT2D eigenvalue weighted by atomic mass is 15.1. The summed E-state index contributed by atoms with van der Waals surface area (Å²) in [6, 6.07) is 76.5. The fourth-order valence-electron chi connectivity index (χ4n) is 7.74. The van der Waals surface area contributed by atoms with Gasteiger partial charge in [-0.15, -0.1) is 0 Å². The number of hydrogen-bond acceptors (Lipinski definition) is 1. The van der Waals surface area contributed by atoms with Crippen molar-refractivity contribution in [2.24, 2.45) is 0 Å². The minimum absolute atomic E-state index is 0.280. The zero-order chi connectivity index (χ0) is 36.8. The van der Waals surface area contributed by atoms with Crippen molar-refractivity contribution >= 4 is 22.6 Å². The van der Waals surface area contributed by atoms with Crippen LogP contribution < -0.4 is 4.90 Å². The molecule has 1 aliphatic rings. The van der Waals surface area contributed by atoms with E-state index in [-0.39, 0.29) is 5.92 Å². The number of nitrogens with zero attached hydrogens (tertiary/aromatic N) is 1. The number of hydrogen-bond donors (Lipinski definition) is 0. The molecule has 0 radical (unpaired) electrons. The Balaban J connectivity index is 1.09. The fraction of sp³-hybridized carbons (Fsp3) is 0.0370. The predicted molar refractivity (Wildman–Crippen MR) is 234 cm³/mol. The van der Waals surface area contributed by atoms with Crippen LogP contribution >= 0.6 is 0 Å². The van der Waals surface area contributed by atoms with E-state index < -0.39 is 0 Å². The van der Waals surface area contributed by atoms with Crippen LogP contribution in [0.3, 0.4) is 0 Å². The van der Waals surface area contributed by atoms with Crippen molar-refractivity contribution in [2.75, 3.05) is 4.90 Å². The van der Waals surface area contributed by atoms with Crippen molar-refractivity contribution in [3.05, 3.63) is 242 Å². The molecule has 0 aliphatic heterocycles. The summed E-state index contributed by atoms with van der Waals surface area (Å²) in [7, 11) is 0. The van der Waals surface area contributed by atoms with Crippen molar-refractivity contribution in [2.45, 2.75) is 12.3 Å². The lowest BCUT2D eigenvalue weighted by Gasteiger charge is -2.28. The summed E-state index contributed by atoms with van der Waals surface area (Å²) in [6.07, 6.45) is 8.02. The molecule has 8 aromatic carbocycles. The van der Waals surface area contributed by atoms with Crippen molar-refractivity contribution in [1.29, 1.82) is 0 Å². The lowest BCUT2D eigenvalue weighted by atomic mass is 9.84. The Bertz CT molecular complexity index is 2550. The van der Waals surface area contributed by atoms with E-state index in [0.29, 0.717) is 0 Å². The molecular formula is C54H41N. The van der Waals surface area contributed by atoms with Gasteiger partial charge < -0.3 is 4.90 Å². The molecule has 0 spiro atoms. The summed E-state index contributed by atoms with van der Waals surface area (Å²) >= 11 is 0. The Kier molecular flexibility index (Phi) is 9.58. The van der Waals surface area contributed by atoms with Crippen LogP contribution in [0.25, 0.3) is 50.1 Å². The van der Waals surface area contributed by atoms with Crippen LogP contribution in [-0.4, -0.2) is 0 Å². The quantitative estimate of drug-likeness (QED) is 0.145. The maximum atomic E-state index is 2.39. The van der Waals surface area contributed by atoms with Crippen LogP contribution in [0.1, 0.15) is 23.5 Å². The van der Waals surface area contributed by atoms with Gasteiger partial charge in [0.15, 0.2) is 0 Å². The Hall–Kier alpha value is -6.96. The Labute approximate surface area is 324 Å². The third-order valence-electron chi connectivity index (χ3n) is 10.7. The highest BCUT2D eigenvalue weighted by Gasteiger charge is 2.20. The second-order valence-corrected chi connectivity index (χ2v) is 14.1. The second kappa shape index (κ2) is 15.6. The summed E-state index contributed by atoms with van der Waals surface area (Å²) < 4.78 is 0. The van der Waals surface area contributed by atoms with E-state index in [2.05, 4.69) is 235 Å². The van der Waals surface area contributed by atoms with Crippen LogP contribution in [0.15, 0.2) is 231 Å². The first-order chi connectivity index (χ1) is 27.3. The lowest BCUT2D eigenvalue weighted by Crippen LogP contribution is -2.11. The number of anilines is 3. The number of allylic oxidation sites excluding steroid dienone is 4. The van der Waals surface area contributed by atoms with Gasteiger partial charge >= 0.3 is 0 Å². The van der Waals surface area contributed by atoms with E-state index in [0.717, 1.165) is 23.5 Å². The molecule has 0 N–H and O–H groups in total. The third-order valence-corrected chi connectivity index (χ3v) is 10.7. The molecule has 1 nitrogen and oxygen atoms in total. The summed E-state index contributed by atoms with van der Waals surface area (Å²) in [5.74, 6) is 0.280. The molecule has 1 aliphatic carbocycles. The van der Waals surface area contributed by atoms with Gasteiger partial charge in [-0.05, 0) is 104 Å². The first-order valence-electron chi connectivity index (χ1n) is 19.1. The lowest BCUT2D eigenvalue weighted by molar-refractivity contribution is 0.858. The monoisotopic (exact) mass is 703 g/mol. The van der Waals surface area contributed by atoms with E-state index in [1.807, 2.05) is 0 Å². The summed E-state index contributed by atoms with van der Waals surface area (Å²) in [6.45, 7) is 0. The molecule has 8 aromatic rings. The van der Waals surface area contributed by atoms with E-state index in [1.54, 1.807) is 0 Å². The Morgan fingerprint density at radius 3 is 1.16 bits per heavy atom. The number of rotatable bonds is 9. The smallest absolute Gasteiger partial charge is 0.0467 e. The van der Waals surface area contributed by atoms with Crippen LogP contribution in [-0.2, 0) is 0 Å². The maximum Gasteiger partial charge on any atom is 0.0467 e. The van der Waals surface area contributed by atoms with E-state index in [4.69, 9.17) is 0 Å². The highest BCUT2D eigenvalue weighted by Crippen LogP contribution is 2.42. The molecule has 0 saturated carbocycles. The fourth-order valence-corrected chi connectivity index (χ4v) is 7.74. The predicted octanol–water partition coefficient (Wildman–Crippen LogP) is 15.0. The number of benzene rings is 8. The molecule has 1 atom stereocenters. The maximum absolute atomic E-state index is 2.39. The van der Waals surface area contributed by atoms with E-state index in [9.17, 15) is 0 Å². The Morgan fingerprint density at radius 2 is 0.727 bits per heavy atom. The van der Waals surface area contributed by atoms with E-state index >= 15 is 0 Å². The largest absolute Gasteiger partial charge is 0.310 e. The van der Waals surface area contributed by atoms with Crippen molar-refractivity contribution in [1.82, 2.24) is 0 Å². The normalized spacial score (nSPS) is 13.6. The molecule has 262 valence electrons. The topological polar surface area (TPSA) is 3.24 Å². The van der Waals surface area contributed by atoms with Gasteiger partial charge in [0.1, 0.15) is 0 Å². The van der Waals surface area contributed by atoms with Gasteiger partial charge in [0.2, 0.25) is 0 Å². The first-order valence-corrected chi connectivity index (χ1v) is 19.1. The zero-order valence-electron chi connectivity index (χ0n) is 30.7. The van der Waals surface area contributed by atoms with Gasteiger partial charge in [-0.25, -0.2) is 0 Å². The molecule has 0 amide bonds. The highest BCUT2D eigenvalue weighted by molar-refractivity contribution is 5.84. The molecule has 0 bridgehead atoms. The Morgan fingerprint density at radius 1 is 0.345 bits per heavy atom. The van der Waals surface area contributed by atoms with Gasteiger partial charge in [0, 0.05) is 23.0 Å². The average molecular weight is 704 g/mol. The zero-order valence-corrected chi connectivity index (χ0v) is 30.7. The molecule has 1 unspecified atom stereocenters. The second-order valence-electron chi connectivity index (χ2n) is 14.1. The van der Waals surface area contributed by atoms with Crippen molar-refractivity contribution < 1.29 is 0 Å². The van der Waals surface area contributed by atoms with Crippen molar-refractivity contribution in [3.8, 4) is 44.5 Å². The molecular weight excluding hydrogens is 663 g/mol. The molecule has 0 fully saturated rings. The summed E-state index contributed by atoms with van der Waals surface area (Å²) in [4.78, 5) is 2.39. The van der Waals surface area contributed by atoms with E-state index in [1.165, 1.54) is 61.2 Å². The summed E-state index contributed by atoms with van der Waals surface area (Å²) in [5.41, 5.74) is 17.0. The molecule has 1 heteroatoms. The standard InChI is InChI=1S/C54H41N/c1-5-13-40(14-6-1)43-21-23-45(24-22-43)47-31-35-51(36-32-47)55(50-33-29-46(30-34-50)42-17-9-3-10-18-42)52-37-38-53(54(39-52)48-19-11-4-12-20-48)49-27-25-44(26-28-49)41-15-7-2-8-16-41/h1-27,29-39,49H,28H2. The van der Waals surface area contributed by atoms with Gasteiger partial charge in [0.05, 0.1) is 0 Å². The van der Waals surface area contributed by atoms with Crippen LogP contribution in [0.5, 0.6) is 0 Å². The van der Waals surface area contributed by atoms with Gasteiger partial charge in [0.25, 0.3) is 0 Å². The minimum Gasteiger partial charge on any atom is -0.310 e. The third kappa shape index (κ3) is 7.34. The van der Waals surface area contributed by atoms with Crippen molar-refractivity contribution in [3.63, 3.8) is 0 Å². The molecule has 0 aromatic heterocycles. The SMILES string of the molecule is C1=CC(c2ccc(N(c3ccc(-c4ccccc4)cc3)c3ccc(-c4ccc(-c5ccccc5)cc4)cc3)cc2-c2ccccc2)CC=C1c1ccccc1. The molecule has 55 heavy (non-hydrogen) atoms. The molecule has 0 heterocycles. The van der Waals surface area contributed by atoms with Gasteiger partial charge in [-0.3, -0.25) is 0 Å². The van der Waals surface area contributed by atoms with Gasteiger partial charge in [-0.2, -0.15) is 0 Å². The molecule has 9 rings (SSSR count). The van der Waals surface area contributed by atoms with Gasteiger partial charge in [-0.1, -0.05) is 194 Å². The summed E-state index contributed by atoms with van der Waals surface area (Å²) in [5, 5.41) is 0. The minimum atomic E-state index is 0.280. The molecule has 0 saturated heterocycles.